The summed E-state index contributed by atoms with van der Waals surface area (Å²) in [7, 11) is 1.73. The minimum Gasteiger partial charge on any atom is -0.385 e. The van der Waals surface area contributed by atoms with Crippen LogP contribution in [0.1, 0.15) is 37.6 Å². The van der Waals surface area contributed by atoms with Crippen molar-refractivity contribution in [3.8, 4) is 0 Å². The number of aliphatic imine (C=N–C) groups is 1. The van der Waals surface area contributed by atoms with Gasteiger partial charge in [0.1, 0.15) is 5.65 Å². The molecule has 7 nitrogen and oxygen atoms in total. The molecule has 29 heavy (non-hydrogen) atoms. The minimum absolute atomic E-state index is 0. The van der Waals surface area contributed by atoms with E-state index in [1.54, 1.807) is 7.11 Å². The normalized spacial score (nSPS) is 15.6. The summed E-state index contributed by atoms with van der Waals surface area (Å²) in [5.41, 5.74) is 3.14. The summed E-state index contributed by atoms with van der Waals surface area (Å²) in [4.78, 5) is 11.9. The molecule has 0 unspecified atom stereocenters. The lowest BCUT2D eigenvalue weighted by atomic mass is 10.1. The molecule has 0 aliphatic carbocycles. The minimum atomic E-state index is 0. The van der Waals surface area contributed by atoms with Gasteiger partial charge in [0.2, 0.25) is 0 Å². The van der Waals surface area contributed by atoms with Crippen molar-refractivity contribution in [1.82, 2.24) is 19.6 Å². The summed E-state index contributed by atoms with van der Waals surface area (Å²) in [5, 5.41) is 3.43. The second-order valence-corrected chi connectivity index (χ2v) is 7.20. The first-order chi connectivity index (χ1) is 13.7. The topological polar surface area (TPSA) is 63.4 Å². The molecule has 162 valence electrons. The first-order valence-corrected chi connectivity index (χ1v) is 10.3. The Morgan fingerprint density at radius 1 is 1.28 bits per heavy atom. The third-order valence-electron chi connectivity index (χ3n) is 5.06. The zero-order valence-electron chi connectivity index (χ0n) is 17.8. The summed E-state index contributed by atoms with van der Waals surface area (Å²) in [6.07, 6.45) is 5.45. The van der Waals surface area contributed by atoms with E-state index in [-0.39, 0.29) is 24.0 Å². The van der Waals surface area contributed by atoms with E-state index in [0.29, 0.717) is 12.6 Å². The van der Waals surface area contributed by atoms with Crippen LogP contribution in [0, 0.1) is 6.92 Å². The Morgan fingerprint density at radius 3 is 2.76 bits per heavy atom. The van der Waals surface area contributed by atoms with Crippen LogP contribution in [0.15, 0.2) is 29.4 Å². The van der Waals surface area contributed by atoms with Crippen LogP contribution in [0.25, 0.3) is 5.65 Å². The molecule has 2 aromatic rings. The number of fused-ring (bicyclic) bond motifs is 1. The van der Waals surface area contributed by atoms with Crippen molar-refractivity contribution in [2.24, 2.45) is 4.99 Å². The number of guanidine groups is 1. The second kappa shape index (κ2) is 12.3. The Kier molecular flexibility index (Phi) is 10.2. The number of aromatic nitrogens is 2. The van der Waals surface area contributed by atoms with E-state index in [1.807, 2.05) is 12.1 Å². The number of piperidine rings is 1. The molecule has 0 atom stereocenters. The van der Waals surface area contributed by atoms with Crippen molar-refractivity contribution in [3.05, 3.63) is 35.8 Å². The number of rotatable bonds is 8. The fourth-order valence-corrected chi connectivity index (χ4v) is 3.54. The highest BCUT2D eigenvalue weighted by Crippen LogP contribution is 2.15. The van der Waals surface area contributed by atoms with Crippen molar-refractivity contribution in [3.63, 3.8) is 0 Å². The highest BCUT2D eigenvalue weighted by molar-refractivity contribution is 14.0. The highest BCUT2D eigenvalue weighted by Gasteiger charge is 2.21. The van der Waals surface area contributed by atoms with Crippen LogP contribution < -0.4 is 5.32 Å². The monoisotopic (exact) mass is 515 g/mol. The second-order valence-electron chi connectivity index (χ2n) is 7.20. The number of nitrogens with one attached hydrogen (secondary N) is 1. The molecule has 3 heterocycles. The summed E-state index contributed by atoms with van der Waals surface area (Å²) in [6, 6.07) is 6.16. The lowest BCUT2D eigenvalue weighted by Gasteiger charge is -2.34. The van der Waals surface area contributed by atoms with Crippen molar-refractivity contribution < 1.29 is 9.47 Å². The maximum Gasteiger partial charge on any atom is 0.194 e. The van der Waals surface area contributed by atoms with Gasteiger partial charge in [-0.05, 0) is 45.2 Å². The average molecular weight is 515 g/mol. The van der Waals surface area contributed by atoms with Gasteiger partial charge in [0.25, 0.3) is 0 Å². The van der Waals surface area contributed by atoms with Crippen LogP contribution in [0.2, 0.25) is 0 Å². The molecule has 0 spiro atoms. The lowest BCUT2D eigenvalue weighted by molar-refractivity contribution is 0.00990. The molecule has 0 saturated carbocycles. The van der Waals surface area contributed by atoms with Gasteiger partial charge in [-0.15, -0.1) is 24.0 Å². The van der Waals surface area contributed by atoms with E-state index in [4.69, 9.17) is 19.5 Å². The number of halogens is 1. The van der Waals surface area contributed by atoms with Crippen LogP contribution in [0.5, 0.6) is 0 Å². The van der Waals surface area contributed by atoms with Crippen molar-refractivity contribution in [1.29, 1.82) is 0 Å². The molecule has 0 radical (unpaired) electrons. The van der Waals surface area contributed by atoms with Gasteiger partial charge in [-0.3, -0.25) is 0 Å². The van der Waals surface area contributed by atoms with Gasteiger partial charge < -0.3 is 24.1 Å². The molecule has 1 aliphatic heterocycles. The Morgan fingerprint density at radius 2 is 2.07 bits per heavy atom. The average Bonchev–Trinajstić information content (AvgIpc) is 3.14. The molecule has 0 aromatic carbocycles. The van der Waals surface area contributed by atoms with E-state index in [2.05, 4.69) is 40.7 Å². The maximum absolute atomic E-state index is 5.97. The zero-order valence-corrected chi connectivity index (χ0v) is 20.1. The third kappa shape index (κ3) is 6.82. The number of imidazole rings is 1. The number of likely N-dealkylation sites (tertiary alicyclic amines) is 1. The van der Waals surface area contributed by atoms with E-state index in [0.717, 1.165) is 69.4 Å². The largest absolute Gasteiger partial charge is 0.385 e. The van der Waals surface area contributed by atoms with Gasteiger partial charge in [-0.2, -0.15) is 0 Å². The van der Waals surface area contributed by atoms with Gasteiger partial charge in [-0.25, -0.2) is 9.98 Å². The van der Waals surface area contributed by atoms with Crippen LogP contribution in [-0.4, -0.2) is 66.3 Å². The van der Waals surface area contributed by atoms with Gasteiger partial charge in [0.05, 0.1) is 18.3 Å². The quantitative estimate of drug-likeness (QED) is 0.253. The number of pyridine rings is 1. The molecule has 0 bridgehead atoms. The summed E-state index contributed by atoms with van der Waals surface area (Å²) in [6.45, 7) is 9.10. The SMILES string of the molecule is CCNC(=NCc1cn2c(C)cccc2n1)N1CCC(OCCCOC)CC1.I. The molecule has 3 rings (SSSR count). The first-order valence-electron chi connectivity index (χ1n) is 10.3. The summed E-state index contributed by atoms with van der Waals surface area (Å²) < 4.78 is 13.2. The standard InChI is InChI=1S/C21H33N5O2.HI/c1-4-22-21(25-11-9-19(10-12-25)28-14-6-13-27-3)23-15-18-16-26-17(2)7-5-8-20(26)24-18;/h5,7-8,16,19H,4,6,9-15H2,1-3H3,(H,22,23);1H. The molecule has 2 aromatic heterocycles. The van der Waals surface area contributed by atoms with E-state index >= 15 is 0 Å². The summed E-state index contributed by atoms with van der Waals surface area (Å²) >= 11 is 0. The number of hydrogen-bond donors (Lipinski definition) is 1. The van der Waals surface area contributed by atoms with Gasteiger partial charge in [0.15, 0.2) is 5.96 Å². The predicted molar refractivity (Wildman–Crippen MR) is 127 cm³/mol. The van der Waals surface area contributed by atoms with Crippen LogP contribution in [-0.2, 0) is 16.0 Å². The number of nitrogens with zero attached hydrogens (tertiary/aromatic N) is 4. The van der Waals surface area contributed by atoms with E-state index < -0.39 is 0 Å². The van der Waals surface area contributed by atoms with Crippen molar-refractivity contribution >= 4 is 35.6 Å². The molecule has 1 N–H and O–H groups in total. The molecule has 0 amide bonds. The third-order valence-corrected chi connectivity index (χ3v) is 5.06. The number of aryl methyl sites for hydroxylation is 1. The molecular formula is C21H34IN5O2. The van der Waals surface area contributed by atoms with Crippen LogP contribution >= 0.6 is 24.0 Å². The van der Waals surface area contributed by atoms with Gasteiger partial charge >= 0.3 is 0 Å². The molecular weight excluding hydrogens is 481 g/mol. The van der Waals surface area contributed by atoms with E-state index in [1.165, 1.54) is 5.69 Å². The number of hydrogen-bond acceptors (Lipinski definition) is 4. The van der Waals surface area contributed by atoms with Crippen LogP contribution in [0.3, 0.4) is 0 Å². The Labute approximate surface area is 190 Å². The highest BCUT2D eigenvalue weighted by atomic mass is 127. The van der Waals surface area contributed by atoms with Crippen LogP contribution in [0.4, 0.5) is 0 Å². The van der Waals surface area contributed by atoms with Gasteiger partial charge in [-0.1, -0.05) is 6.07 Å². The fourth-order valence-electron chi connectivity index (χ4n) is 3.54. The molecule has 8 heteroatoms. The lowest BCUT2D eigenvalue weighted by Crippen LogP contribution is -2.47. The molecule has 1 aliphatic rings. The molecule has 1 fully saturated rings. The smallest absolute Gasteiger partial charge is 0.194 e. The first kappa shape index (κ1) is 23.9. The van der Waals surface area contributed by atoms with E-state index in [9.17, 15) is 0 Å². The zero-order chi connectivity index (χ0) is 19.8. The number of ether oxygens (including phenoxy) is 2. The number of methoxy groups -OCH3 is 1. The Bertz CT molecular complexity index is 772. The maximum atomic E-state index is 5.97. The van der Waals surface area contributed by atoms with Crippen molar-refractivity contribution in [2.75, 3.05) is 40.0 Å². The molecule has 1 saturated heterocycles. The predicted octanol–water partition coefficient (Wildman–Crippen LogP) is 3.24. The Hall–Kier alpha value is -1.39. The Balaban J connectivity index is 0.00000300. The summed E-state index contributed by atoms with van der Waals surface area (Å²) in [5.74, 6) is 0.967. The van der Waals surface area contributed by atoms with Gasteiger partial charge in [0, 0.05) is 51.8 Å². The van der Waals surface area contributed by atoms with Crippen molar-refractivity contribution in [2.45, 2.75) is 45.8 Å². The fraction of sp³-hybridized carbons (Fsp3) is 0.619.